The van der Waals surface area contributed by atoms with Gasteiger partial charge in [-0.05, 0) is 19.9 Å². The number of aryl methyl sites for hydroxylation is 1. The number of pyridine rings is 1. The molecule has 0 saturated carbocycles. The van der Waals surface area contributed by atoms with Crippen LogP contribution in [-0.4, -0.2) is 24.6 Å². The van der Waals surface area contributed by atoms with Gasteiger partial charge in [-0.25, -0.2) is 0 Å². The van der Waals surface area contributed by atoms with Gasteiger partial charge in [0.1, 0.15) is 5.82 Å². The van der Waals surface area contributed by atoms with Crippen LogP contribution in [0.1, 0.15) is 13.8 Å². The Kier molecular flexibility index (Phi) is 4.29. The molecule has 2 heterocycles. The molecule has 1 aromatic carbocycles. The molecule has 3 rings (SSSR count). The van der Waals surface area contributed by atoms with E-state index in [0.29, 0.717) is 22.4 Å². The molecule has 0 unspecified atom stereocenters. The number of fused-ring (bicyclic) bond motifs is 2. The second-order valence-electron chi connectivity index (χ2n) is 5.18. The third-order valence-electron chi connectivity index (χ3n) is 3.79. The molecule has 0 aliphatic carbocycles. The molecule has 9 heteroatoms. The molecule has 24 heavy (non-hydrogen) atoms. The summed E-state index contributed by atoms with van der Waals surface area (Å²) in [5.74, 6) is 1.03. The van der Waals surface area contributed by atoms with E-state index in [2.05, 4.69) is 0 Å². The Balaban J connectivity index is 2.36. The Morgan fingerprint density at radius 1 is 1.21 bits per heavy atom. The number of aromatic nitrogens is 1. The molecule has 8 nitrogen and oxygen atoms in total. The highest BCUT2D eigenvalue weighted by Gasteiger charge is 2.35. The van der Waals surface area contributed by atoms with Gasteiger partial charge in [0.25, 0.3) is 0 Å². The van der Waals surface area contributed by atoms with E-state index in [1.807, 2.05) is 0 Å². The summed E-state index contributed by atoms with van der Waals surface area (Å²) in [6.07, 6.45) is 0. The Morgan fingerprint density at radius 2 is 1.79 bits per heavy atom. The lowest BCUT2D eigenvalue weighted by atomic mass is 10.2. The molecule has 1 aromatic heterocycles. The van der Waals surface area contributed by atoms with Crippen LogP contribution in [-0.2, 0) is 20.7 Å². The lowest BCUT2D eigenvalue weighted by molar-refractivity contribution is 0.174. The minimum absolute atomic E-state index is 0.0385. The quantitative estimate of drug-likeness (QED) is 0.816. The molecule has 0 radical (unpaired) electrons. The zero-order valence-electron chi connectivity index (χ0n) is 13.7. The Labute approximate surface area is 138 Å². The summed E-state index contributed by atoms with van der Waals surface area (Å²) in [5, 5.41) is 0.158. The standard InChI is InChI=1S/C15H19N2O6P/c1-4-22-24(19,23-5-2)14-13(18)9-6-11-12(21-8-20-11)7-10(9)17(3)15(14)16/h6-7H,4-5,8,16H2,1-3H3. The van der Waals surface area contributed by atoms with Gasteiger partial charge in [-0.2, -0.15) is 0 Å². The van der Waals surface area contributed by atoms with Gasteiger partial charge in [-0.3, -0.25) is 9.36 Å². The molecule has 0 fully saturated rings. The lowest BCUT2D eigenvalue weighted by Gasteiger charge is -2.21. The van der Waals surface area contributed by atoms with E-state index in [1.54, 1.807) is 37.6 Å². The highest BCUT2D eigenvalue weighted by Crippen LogP contribution is 2.48. The van der Waals surface area contributed by atoms with Gasteiger partial charge in [0, 0.05) is 13.1 Å². The normalized spacial score (nSPS) is 13.6. The van der Waals surface area contributed by atoms with Crippen molar-refractivity contribution in [1.29, 1.82) is 0 Å². The first kappa shape index (κ1) is 16.8. The number of hydrogen-bond donors (Lipinski definition) is 1. The molecule has 1 aliphatic heterocycles. The van der Waals surface area contributed by atoms with E-state index in [9.17, 15) is 9.36 Å². The third kappa shape index (κ3) is 2.47. The van der Waals surface area contributed by atoms with Crippen molar-refractivity contribution in [3.63, 3.8) is 0 Å². The Bertz CT molecular complexity index is 897. The van der Waals surface area contributed by atoms with Crippen LogP contribution in [0.2, 0.25) is 0 Å². The molecule has 130 valence electrons. The first-order chi connectivity index (χ1) is 11.4. The number of benzene rings is 1. The van der Waals surface area contributed by atoms with E-state index in [1.165, 1.54) is 0 Å². The SMILES string of the molecule is CCOP(=O)(OCC)c1c(N)n(C)c2cc3c(cc2c1=O)OCO3. The van der Waals surface area contributed by atoms with Gasteiger partial charge in [-0.1, -0.05) is 0 Å². The number of rotatable bonds is 5. The van der Waals surface area contributed by atoms with Crippen molar-refractivity contribution >= 4 is 29.6 Å². The van der Waals surface area contributed by atoms with Crippen LogP contribution < -0.4 is 25.9 Å². The summed E-state index contributed by atoms with van der Waals surface area (Å²) in [6.45, 7) is 3.68. The van der Waals surface area contributed by atoms with E-state index in [4.69, 9.17) is 24.3 Å². The fourth-order valence-electron chi connectivity index (χ4n) is 2.69. The van der Waals surface area contributed by atoms with Crippen molar-refractivity contribution in [1.82, 2.24) is 4.57 Å². The Hall–Kier alpha value is -2.02. The van der Waals surface area contributed by atoms with Crippen molar-refractivity contribution < 1.29 is 23.1 Å². The lowest BCUT2D eigenvalue weighted by Crippen LogP contribution is -2.33. The maximum Gasteiger partial charge on any atom is 0.368 e. The monoisotopic (exact) mass is 354 g/mol. The van der Waals surface area contributed by atoms with Crippen LogP contribution in [0.25, 0.3) is 10.9 Å². The van der Waals surface area contributed by atoms with Gasteiger partial charge in [0.05, 0.1) is 24.1 Å². The van der Waals surface area contributed by atoms with Gasteiger partial charge >= 0.3 is 7.60 Å². The minimum atomic E-state index is -3.83. The first-order valence-electron chi connectivity index (χ1n) is 7.54. The number of nitrogens with two attached hydrogens (primary N) is 1. The number of anilines is 1. The van der Waals surface area contributed by atoms with Gasteiger partial charge in [0.15, 0.2) is 16.8 Å². The van der Waals surface area contributed by atoms with Gasteiger partial charge in [-0.15, -0.1) is 0 Å². The summed E-state index contributed by atoms with van der Waals surface area (Å²) in [4.78, 5) is 13.0. The second kappa shape index (κ2) is 6.12. The van der Waals surface area contributed by atoms with Crippen LogP contribution in [0.5, 0.6) is 11.5 Å². The predicted molar refractivity (Wildman–Crippen MR) is 90.2 cm³/mol. The van der Waals surface area contributed by atoms with Crippen LogP contribution in [0.3, 0.4) is 0 Å². The number of nitrogen functional groups attached to an aromatic ring is 1. The summed E-state index contributed by atoms with van der Waals surface area (Å²) < 4.78 is 35.9. The maximum absolute atomic E-state index is 13.1. The minimum Gasteiger partial charge on any atom is -0.454 e. The maximum atomic E-state index is 13.1. The first-order valence-corrected chi connectivity index (χ1v) is 9.08. The van der Waals surface area contributed by atoms with Gasteiger partial charge in [0.2, 0.25) is 12.2 Å². The van der Waals surface area contributed by atoms with Crippen molar-refractivity contribution in [2.24, 2.45) is 7.05 Å². The Morgan fingerprint density at radius 3 is 2.38 bits per heavy atom. The smallest absolute Gasteiger partial charge is 0.368 e. The zero-order chi connectivity index (χ0) is 17.5. The van der Waals surface area contributed by atoms with Crippen LogP contribution >= 0.6 is 7.60 Å². The van der Waals surface area contributed by atoms with Crippen molar-refractivity contribution in [3.8, 4) is 11.5 Å². The number of ether oxygens (including phenoxy) is 2. The molecular weight excluding hydrogens is 335 g/mol. The summed E-state index contributed by atoms with van der Waals surface area (Å²) in [6, 6.07) is 3.23. The zero-order valence-corrected chi connectivity index (χ0v) is 14.6. The fourth-order valence-corrected chi connectivity index (χ4v) is 4.51. The van der Waals surface area contributed by atoms with Crippen LogP contribution in [0, 0.1) is 0 Å². The largest absolute Gasteiger partial charge is 0.454 e. The van der Waals surface area contributed by atoms with E-state index >= 15 is 0 Å². The molecule has 0 amide bonds. The molecular formula is C15H19N2O6P. The van der Waals surface area contributed by atoms with Crippen molar-refractivity contribution in [2.45, 2.75) is 13.8 Å². The predicted octanol–water partition coefficient (Wildman–Crippen LogP) is 1.74. The molecule has 1 aliphatic rings. The highest BCUT2D eigenvalue weighted by atomic mass is 31.2. The van der Waals surface area contributed by atoms with Crippen LogP contribution in [0.4, 0.5) is 5.82 Å². The summed E-state index contributed by atoms with van der Waals surface area (Å²) >= 11 is 0. The average molecular weight is 354 g/mol. The fraction of sp³-hybridized carbons (Fsp3) is 0.400. The van der Waals surface area contributed by atoms with E-state index in [-0.39, 0.29) is 31.1 Å². The second-order valence-corrected chi connectivity index (χ2v) is 7.14. The molecule has 0 saturated heterocycles. The summed E-state index contributed by atoms with van der Waals surface area (Å²) in [5.41, 5.74) is 6.15. The van der Waals surface area contributed by atoms with E-state index in [0.717, 1.165) is 0 Å². The third-order valence-corrected chi connectivity index (χ3v) is 5.96. The molecule has 0 atom stereocenters. The van der Waals surface area contributed by atoms with Crippen molar-refractivity contribution in [2.75, 3.05) is 25.7 Å². The topological polar surface area (TPSA) is 102 Å². The molecule has 0 spiro atoms. The van der Waals surface area contributed by atoms with Crippen molar-refractivity contribution in [3.05, 3.63) is 22.4 Å². The van der Waals surface area contributed by atoms with Gasteiger partial charge < -0.3 is 28.8 Å². The molecule has 0 bridgehead atoms. The van der Waals surface area contributed by atoms with E-state index < -0.39 is 13.0 Å². The molecule has 2 aromatic rings. The summed E-state index contributed by atoms with van der Waals surface area (Å²) in [7, 11) is -2.16. The number of nitrogens with zero attached hydrogens (tertiary/aromatic N) is 1. The number of hydrogen-bond acceptors (Lipinski definition) is 7. The average Bonchev–Trinajstić information content (AvgIpc) is 2.99. The highest BCUT2D eigenvalue weighted by molar-refractivity contribution is 7.62. The molecule has 2 N–H and O–H groups in total. The van der Waals surface area contributed by atoms with Crippen LogP contribution in [0.15, 0.2) is 16.9 Å².